The van der Waals surface area contributed by atoms with Crippen LogP contribution in [0.3, 0.4) is 0 Å². The number of carbonyl (C=O) groups excluding carboxylic acids is 1. The molecule has 2 heterocycles. The molecular weight excluding hydrogens is 316 g/mol. The highest BCUT2D eigenvalue weighted by molar-refractivity contribution is 6.03. The average molecular weight is 338 g/mol. The second-order valence-corrected chi connectivity index (χ2v) is 6.23. The van der Waals surface area contributed by atoms with Crippen molar-refractivity contribution < 1.29 is 9.21 Å². The Kier molecular flexibility index (Phi) is 4.70. The molecule has 25 heavy (non-hydrogen) atoms. The Bertz CT molecular complexity index is 892. The number of hydrogen-bond acceptors (Lipinski definition) is 4. The van der Waals surface area contributed by atoms with Crippen molar-refractivity contribution in [2.24, 2.45) is 0 Å². The van der Waals surface area contributed by atoms with Crippen molar-refractivity contribution in [3.8, 4) is 5.69 Å². The van der Waals surface area contributed by atoms with Crippen LogP contribution in [0.2, 0.25) is 0 Å². The Labute approximate surface area is 146 Å². The van der Waals surface area contributed by atoms with Gasteiger partial charge in [0.15, 0.2) is 6.39 Å². The summed E-state index contributed by atoms with van der Waals surface area (Å²) in [6, 6.07) is 8.04. The summed E-state index contributed by atoms with van der Waals surface area (Å²) in [6.07, 6.45) is 3.62. The number of nitrogens with zero attached hydrogens (tertiary/aromatic N) is 3. The number of anilines is 1. The lowest BCUT2D eigenvalue weighted by Crippen LogP contribution is -2.15. The van der Waals surface area contributed by atoms with Crippen LogP contribution < -0.4 is 5.32 Å². The molecule has 1 amide bonds. The summed E-state index contributed by atoms with van der Waals surface area (Å²) < 4.78 is 7.14. The van der Waals surface area contributed by atoms with E-state index < -0.39 is 0 Å². The molecule has 0 saturated heterocycles. The zero-order valence-corrected chi connectivity index (χ0v) is 14.9. The van der Waals surface area contributed by atoms with Gasteiger partial charge in [0.2, 0.25) is 5.76 Å². The van der Waals surface area contributed by atoms with Gasteiger partial charge in [-0.25, -0.2) is 9.67 Å². The van der Waals surface area contributed by atoms with E-state index in [9.17, 15) is 4.79 Å². The van der Waals surface area contributed by atoms with Gasteiger partial charge in [-0.15, -0.1) is 0 Å². The van der Waals surface area contributed by atoms with Crippen LogP contribution in [0.1, 0.15) is 54.2 Å². The number of benzene rings is 1. The van der Waals surface area contributed by atoms with Gasteiger partial charge in [-0.2, -0.15) is 5.10 Å². The maximum absolute atomic E-state index is 12.6. The molecule has 0 spiro atoms. The highest BCUT2D eigenvalue weighted by Gasteiger charge is 2.21. The second-order valence-electron chi connectivity index (χ2n) is 6.23. The second kappa shape index (κ2) is 6.93. The van der Waals surface area contributed by atoms with E-state index in [1.165, 1.54) is 6.39 Å². The average Bonchev–Trinajstić information content (AvgIpc) is 3.21. The Morgan fingerprint density at radius 2 is 2.08 bits per heavy atom. The first-order valence-corrected chi connectivity index (χ1v) is 8.40. The molecule has 6 heteroatoms. The lowest BCUT2D eigenvalue weighted by Gasteiger charge is -2.14. The standard InChI is InChI=1S/C19H22N4O2/c1-5-14-18(25-11-20-14)19(24)22-15-10-21-23(17(15)12(2)3)16-9-7-6-8-13(16)4/h6-12H,5H2,1-4H3,(H,22,24). The van der Waals surface area contributed by atoms with Crippen molar-refractivity contribution in [3.05, 3.63) is 59.6 Å². The number of rotatable bonds is 5. The summed E-state index contributed by atoms with van der Waals surface area (Å²) in [4.78, 5) is 16.6. The molecule has 1 aromatic carbocycles. The van der Waals surface area contributed by atoms with E-state index in [4.69, 9.17) is 4.42 Å². The van der Waals surface area contributed by atoms with Crippen LogP contribution in [0.4, 0.5) is 5.69 Å². The van der Waals surface area contributed by atoms with E-state index >= 15 is 0 Å². The Morgan fingerprint density at radius 1 is 1.32 bits per heavy atom. The van der Waals surface area contributed by atoms with Gasteiger partial charge in [-0.05, 0) is 30.9 Å². The molecule has 0 fully saturated rings. The molecule has 0 aliphatic carbocycles. The highest BCUT2D eigenvalue weighted by Crippen LogP contribution is 2.28. The molecule has 0 unspecified atom stereocenters. The molecule has 6 nitrogen and oxygen atoms in total. The first-order valence-electron chi connectivity index (χ1n) is 8.40. The smallest absolute Gasteiger partial charge is 0.293 e. The number of nitrogens with one attached hydrogen (secondary N) is 1. The molecule has 3 aromatic rings. The Balaban J connectivity index is 1.98. The first-order chi connectivity index (χ1) is 12.0. The normalized spacial score (nSPS) is 11.1. The van der Waals surface area contributed by atoms with Crippen LogP contribution in [-0.4, -0.2) is 20.7 Å². The van der Waals surface area contributed by atoms with E-state index in [0.717, 1.165) is 16.9 Å². The van der Waals surface area contributed by atoms with Crippen LogP contribution in [0, 0.1) is 6.92 Å². The minimum atomic E-state index is -0.305. The lowest BCUT2D eigenvalue weighted by molar-refractivity contribution is 0.0995. The van der Waals surface area contributed by atoms with E-state index in [1.54, 1.807) is 6.20 Å². The zero-order valence-electron chi connectivity index (χ0n) is 14.9. The lowest BCUT2D eigenvalue weighted by atomic mass is 10.1. The third-order valence-electron chi connectivity index (χ3n) is 4.13. The number of aromatic nitrogens is 3. The number of para-hydroxylation sites is 1. The van der Waals surface area contributed by atoms with Crippen LogP contribution in [-0.2, 0) is 6.42 Å². The Morgan fingerprint density at radius 3 is 2.76 bits per heavy atom. The first kappa shape index (κ1) is 17.0. The Hall–Kier alpha value is -2.89. The van der Waals surface area contributed by atoms with E-state index in [1.807, 2.05) is 42.8 Å². The summed E-state index contributed by atoms with van der Waals surface area (Å²) in [5.74, 6) is 0.124. The van der Waals surface area contributed by atoms with Crippen LogP contribution in [0.25, 0.3) is 5.69 Å². The third-order valence-corrected chi connectivity index (χ3v) is 4.13. The van der Waals surface area contributed by atoms with Crippen LogP contribution in [0.15, 0.2) is 41.3 Å². The number of oxazole rings is 1. The van der Waals surface area contributed by atoms with Gasteiger partial charge in [0.25, 0.3) is 5.91 Å². The fourth-order valence-electron chi connectivity index (χ4n) is 2.89. The molecule has 0 saturated carbocycles. The molecule has 0 bridgehead atoms. The van der Waals surface area contributed by atoms with Gasteiger partial charge in [0, 0.05) is 0 Å². The van der Waals surface area contributed by atoms with Crippen molar-refractivity contribution >= 4 is 11.6 Å². The van der Waals surface area contributed by atoms with Gasteiger partial charge >= 0.3 is 0 Å². The predicted octanol–water partition coefficient (Wildman–Crippen LogP) is 4.11. The van der Waals surface area contributed by atoms with Crippen molar-refractivity contribution in [2.45, 2.75) is 40.0 Å². The fourth-order valence-corrected chi connectivity index (χ4v) is 2.89. The van der Waals surface area contributed by atoms with E-state index in [-0.39, 0.29) is 17.6 Å². The largest absolute Gasteiger partial charge is 0.438 e. The number of hydrogen-bond donors (Lipinski definition) is 1. The molecular formula is C19H22N4O2. The summed E-state index contributed by atoms with van der Waals surface area (Å²) in [5, 5.41) is 7.42. The molecule has 1 N–H and O–H groups in total. The van der Waals surface area contributed by atoms with Crippen LogP contribution in [0.5, 0.6) is 0 Å². The summed E-state index contributed by atoms with van der Waals surface area (Å²) >= 11 is 0. The maximum atomic E-state index is 12.6. The molecule has 0 atom stereocenters. The van der Waals surface area contributed by atoms with Gasteiger partial charge in [-0.3, -0.25) is 4.79 Å². The molecule has 3 rings (SSSR count). The van der Waals surface area contributed by atoms with Crippen molar-refractivity contribution in [1.29, 1.82) is 0 Å². The molecule has 0 aliphatic heterocycles. The van der Waals surface area contributed by atoms with Crippen molar-refractivity contribution in [1.82, 2.24) is 14.8 Å². The summed E-state index contributed by atoms with van der Waals surface area (Å²) in [5.41, 5.74) is 4.39. The minimum Gasteiger partial charge on any atom is -0.438 e. The van der Waals surface area contributed by atoms with Crippen molar-refractivity contribution in [3.63, 3.8) is 0 Å². The molecule has 0 radical (unpaired) electrons. The van der Waals surface area contributed by atoms with E-state index in [0.29, 0.717) is 17.8 Å². The third kappa shape index (κ3) is 3.20. The van der Waals surface area contributed by atoms with Gasteiger partial charge < -0.3 is 9.73 Å². The van der Waals surface area contributed by atoms with E-state index in [2.05, 4.69) is 29.2 Å². The fraction of sp³-hybridized carbons (Fsp3) is 0.316. The number of amides is 1. The highest BCUT2D eigenvalue weighted by atomic mass is 16.3. The number of carbonyl (C=O) groups is 1. The molecule has 0 aliphatic rings. The molecule has 2 aromatic heterocycles. The van der Waals surface area contributed by atoms with Crippen molar-refractivity contribution in [2.75, 3.05) is 5.32 Å². The predicted molar refractivity (Wildman–Crippen MR) is 96.2 cm³/mol. The number of aryl methyl sites for hydroxylation is 2. The summed E-state index contributed by atoms with van der Waals surface area (Å²) in [7, 11) is 0. The summed E-state index contributed by atoms with van der Waals surface area (Å²) in [6.45, 7) is 8.13. The monoisotopic (exact) mass is 338 g/mol. The van der Waals surface area contributed by atoms with Gasteiger partial charge in [0.05, 0.1) is 29.0 Å². The van der Waals surface area contributed by atoms with Crippen LogP contribution >= 0.6 is 0 Å². The quantitative estimate of drug-likeness (QED) is 0.760. The maximum Gasteiger partial charge on any atom is 0.293 e. The molecule has 130 valence electrons. The van der Waals surface area contributed by atoms with Gasteiger partial charge in [-0.1, -0.05) is 39.0 Å². The zero-order chi connectivity index (χ0) is 18.0. The minimum absolute atomic E-state index is 0.178. The SMILES string of the molecule is CCc1ncoc1C(=O)Nc1cnn(-c2ccccc2C)c1C(C)C. The van der Waals surface area contributed by atoms with Gasteiger partial charge in [0.1, 0.15) is 0 Å². The topological polar surface area (TPSA) is 73.0 Å².